The zero-order valence-corrected chi connectivity index (χ0v) is 16.3. The van der Waals surface area contributed by atoms with Crippen LogP contribution in [-0.4, -0.2) is 22.6 Å². The molecule has 1 aromatic heterocycles. The quantitative estimate of drug-likeness (QED) is 0.500. The van der Waals surface area contributed by atoms with Crippen molar-refractivity contribution in [2.45, 2.75) is 32.2 Å². The molecule has 0 aliphatic carbocycles. The highest BCUT2D eigenvalue weighted by atomic mass is 16.5. The molecule has 6 nitrogen and oxygen atoms in total. The summed E-state index contributed by atoms with van der Waals surface area (Å²) in [6.07, 6.45) is 3.86. The lowest BCUT2D eigenvalue weighted by Crippen LogP contribution is -2.24. The number of hydrogen-bond donors (Lipinski definition) is 0. The Balaban J connectivity index is 1.71. The van der Waals surface area contributed by atoms with Gasteiger partial charge in [-0.2, -0.15) is 0 Å². The van der Waals surface area contributed by atoms with Crippen molar-refractivity contribution in [1.29, 1.82) is 0 Å². The van der Waals surface area contributed by atoms with Crippen LogP contribution in [0.4, 0.5) is 0 Å². The third-order valence-electron chi connectivity index (χ3n) is 5.06. The summed E-state index contributed by atoms with van der Waals surface area (Å²) in [6, 6.07) is 15.5. The van der Waals surface area contributed by atoms with Gasteiger partial charge >= 0.3 is 5.97 Å². The fourth-order valence-corrected chi connectivity index (χ4v) is 3.59. The number of methoxy groups -OCH3 is 1. The van der Waals surface area contributed by atoms with Gasteiger partial charge in [0.05, 0.1) is 12.8 Å². The third-order valence-corrected chi connectivity index (χ3v) is 5.06. The molecule has 6 heteroatoms. The summed E-state index contributed by atoms with van der Waals surface area (Å²) in [5.41, 5.74) is 1.39. The normalized spacial score (nSPS) is 13.3. The van der Waals surface area contributed by atoms with Gasteiger partial charge in [-0.1, -0.05) is 30.7 Å². The van der Waals surface area contributed by atoms with Crippen molar-refractivity contribution >= 4 is 5.97 Å². The van der Waals surface area contributed by atoms with Gasteiger partial charge in [0.15, 0.2) is 0 Å². The molecule has 0 fully saturated rings. The Bertz CT molecular complexity index is 1100. The molecule has 0 unspecified atom stereocenters. The standard InChI is InChI=1S/C23H22N2O4/c1-28-19-11-6-5-10-17(19)23(27)29-20-12-7-4-9-16(20)18-15-22(26)25-14-8-2-3-13-21(25)24-18/h4-7,9-12,15H,2-3,8,13-14H2,1H3. The number of aromatic nitrogens is 2. The molecule has 4 rings (SSSR count). The maximum atomic E-state index is 12.7. The van der Waals surface area contributed by atoms with Crippen LogP contribution in [0.5, 0.6) is 11.5 Å². The van der Waals surface area contributed by atoms with E-state index in [1.807, 2.05) is 6.07 Å². The molecule has 2 aromatic carbocycles. The van der Waals surface area contributed by atoms with Gasteiger partial charge in [-0.25, -0.2) is 9.78 Å². The van der Waals surface area contributed by atoms with Gasteiger partial charge in [0.1, 0.15) is 22.9 Å². The summed E-state index contributed by atoms with van der Waals surface area (Å²) in [6.45, 7) is 0.700. The number of carbonyl (C=O) groups is 1. The summed E-state index contributed by atoms with van der Waals surface area (Å²) in [4.78, 5) is 30.1. The molecule has 3 aromatic rings. The predicted molar refractivity (Wildman–Crippen MR) is 109 cm³/mol. The predicted octanol–water partition coefficient (Wildman–Crippen LogP) is 3.86. The molecule has 0 amide bonds. The fraction of sp³-hybridized carbons (Fsp3) is 0.261. The monoisotopic (exact) mass is 390 g/mol. The van der Waals surface area contributed by atoms with E-state index in [1.165, 1.54) is 13.2 Å². The lowest BCUT2D eigenvalue weighted by Gasteiger charge is -2.13. The Morgan fingerprint density at radius 2 is 1.76 bits per heavy atom. The highest BCUT2D eigenvalue weighted by molar-refractivity contribution is 5.94. The first-order valence-electron chi connectivity index (χ1n) is 9.73. The zero-order chi connectivity index (χ0) is 20.2. The molecule has 0 radical (unpaired) electrons. The van der Waals surface area contributed by atoms with Crippen LogP contribution in [0.25, 0.3) is 11.3 Å². The van der Waals surface area contributed by atoms with Crippen molar-refractivity contribution in [3.05, 3.63) is 76.3 Å². The Morgan fingerprint density at radius 3 is 2.59 bits per heavy atom. The highest BCUT2D eigenvalue weighted by Crippen LogP contribution is 2.30. The van der Waals surface area contributed by atoms with Gasteiger partial charge in [-0.3, -0.25) is 9.36 Å². The van der Waals surface area contributed by atoms with Gasteiger partial charge < -0.3 is 9.47 Å². The molecule has 0 saturated heterocycles. The van der Waals surface area contributed by atoms with E-state index in [-0.39, 0.29) is 5.56 Å². The maximum Gasteiger partial charge on any atom is 0.347 e. The summed E-state index contributed by atoms with van der Waals surface area (Å²) < 4.78 is 12.7. The van der Waals surface area contributed by atoms with Crippen molar-refractivity contribution in [2.75, 3.05) is 7.11 Å². The number of carbonyl (C=O) groups excluding carboxylic acids is 1. The van der Waals surface area contributed by atoms with Crippen LogP contribution in [-0.2, 0) is 13.0 Å². The smallest absolute Gasteiger partial charge is 0.347 e. The lowest BCUT2D eigenvalue weighted by atomic mass is 10.1. The van der Waals surface area contributed by atoms with E-state index in [0.29, 0.717) is 34.9 Å². The Kier molecular flexibility index (Phi) is 5.42. The van der Waals surface area contributed by atoms with Gasteiger partial charge in [0.25, 0.3) is 5.56 Å². The number of para-hydroxylation sites is 2. The number of nitrogens with zero attached hydrogens (tertiary/aromatic N) is 2. The van der Waals surface area contributed by atoms with Crippen LogP contribution in [0.2, 0.25) is 0 Å². The van der Waals surface area contributed by atoms with E-state index in [1.54, 1.807) is 47.0 Å². The van der Waals surface area contributed by atoms with Crippen LogP contribution in [0.1, 0.15) is 35.4 Å². The summed E-state index contributed by atoms with van der Waals surface area (Å²) in [5, 5.41) is 0. The molecule has 0 saturated carbocycles. The minimum absolute atomic E-state index is 0.0715. The van der Waals surface area contributed by atoms with Gasteiger partial charge in [0, 0.05) is 24.6 Å². The van der Waals surface area contributed by atoms with Crippen molar-refractivity contribution in [3.63, 3.8) is 0 Å². The first-order chi connectivity index (χ1) is 14.2. The summed E-state index contributed by atoms with van der Waals surface area (Å²) >= 11 is 0. The van der Waals surface area contributed by atoms with E-state index in [4.69, 9.17) is 14.5 Å². The second-order valence-corrected chi connectivity index (χ2v) is 6.94. The number of aryl methyl sites for hydroxylation is 1. The van der Waals surface area contributed by atoms with E-state index in [0.717, 1.165) is 31.5 Å². The van der Waals surface area contributed by atoms with E-state index < -0.39 is 5.97 Å². The lowest BCUT2D eigenvalue weighted by molar-refractivity contribution is 0.0732. The van der Waals surface area contributed by atoms with Crippen molar-refractivity contribution in [1.82, 2.24) is 9.55 Å². The number of benzene rings is 2. The van der Waals surface area contributed by atoms with Crippen molar-refractivity contribution in [2.24, 2.45) is 0 Å². The van der Waals surface area contributed by atoms with Crippen molar-refractivity contribution < 1.29 is 14.3 Å². The van der Waals surface area contributed by atoms with Gasteiger partial charge in [0.2, 0.25) is 0 Å². The molecule has 29 heavy (non-hydrogen) atoms. The van der Waals surface area contributed by atoms with Crippen LogP contribution < -0.4 is 15.0 Å². The van der Waals surface area contributed by atoms with Crippen LogP contribution >= 0.6 is 0 Å². The average Bonchev–Trinajstić information content (AvgIpc) is 3.00. The number of rotatable bonds is 4. The zero-order valence-electron chi connectivity index (χ0n) is 16.3. The highest BCUT2D eigenvalue weighted by Gasteiger charge is 2.19. The molecular formula is C23H22N2O4. The van der Waals surface area contributed by atoms with E-state index in [9.17, 15) is 9.59 Å². The van der Waals surface area contributed by atoms with Crippen LogP contribution in [0, 0.1) is 0 Å². The van der Waals surface area contributed by atoms with Gasteiger partial charge in [-0.15, -0.1) is 0 Å². The molecule has 1 aliphatic heterocycles. The maximum absolute atomic E-state index is 12.7. The fourth-order valence-electron chi connectivity index (χ4n) is 3.59. The van der Waals surface area contributed by atoms with Crippen molar-refractivity contribution in [3.8, 4) is 22.8 Å². The first kappa shape index (κ1) is 18.9. The van der Waals surface area contributed by atoms with Crippen LogP contribution in [0.3, 0.4) is 0 Å². The topological polar surface area (TPSA) is 70.4 Å². The Morgan fingerprint density at radius 1 is 1.00 bits per heavy atom. The molecule has 0 atom stereocenters. The molecule has 148 valence electrons. The number of ether oxygens (including phenoxy) is 2. The molecule has 0 spiro atoms. The molecule has 0 N–H and O–H groups in total. The molecule has 2 heterocycles. The Labute approximate surface area is 168 Å². The second-order valence-electron chi connectivity index (χ2n) is 6.94. The van der Waals surface area contributed by atoms with Crippen LogP contribution in [0.15, 0.2) is 59.4 Å². The summed E-state index contributed by atoms with van der Waals surface area (Å²) in [7, 11) is 1.51. The molecule has 0 bridgehead atoms. The van der Waals surface area contributed by atoms with E-state index >= 15 is 0 Å². The average molecular weight is 390 g/mol. The number of fused-ring (bicyclic) bond motifs is 1. The summed E-state index contributed by atoms with van der Waals surface area (Å²) in [5.74, 6) is 1.06. The first-order valence-corrected chi connectivity index (χ1v) is 9.73. The third kappa shape index (κ3) is 3.92. The largest absolute Gasteiger partial charge is 0.496 e. The number of esters is 1. The van der Waals surface area contributed by atoms with Gasteiger partial charge in [-0.05, 0) is 37.1 Å². The molecule has 1 aliphatic rings. The molecular weight excluding hydrogens is 368 g/mol. The minimum Gasteiger partial charge on any atom is -0.496 e. The second kappa shape index (κ2) is 8.31. The minimum atomic E-state index is -0.526. The Hall–Kier alpha value is -3.41. The number of hydrogen-bond acceptors (Lipinski definition) is 5. The van der Waals surface area contributed by atoms with E-state index in [2.05, 4.69) is 0 Å². The SMILES string of the molecule is COc1ccccc1C(=O)Oc1ccccc1-c1cc(=O)n2c(n1)CCCCC2.